The fourth-order valence-corrected chi connectivity index (χ4v) is 3.69. The Labute approximate surface area is 155 Å². The summed E-state index contributed by atoms with van der Waals surface area (Å²) in [5.41, 5.74) is 0.441. The van der Waals surface area contributed by atoms with Crippen LogP contribution in [0.5, 0.6) is 0 Å². The highest BCUT2D eigenvalue weighted by Gasteiger charge is 2.34. The number of rotatable bonds is 3. The third-order valence-corrected chi connectivity index (χ3v) is 5.41. The van der Waals surface area contributed by atoms with Gasteiger partial charge in [-0.2, -0.15) is 5.10 Å². The molecule has 3 heterocycles. The molecule has 0 saturated heterocycles. The molecule has 0 bridgehead atoms. The molecule has 2 aliphatic rings. The van der Waals surface area contributed by atoms with Crippen LogP contribution < -0.4 is 5.56 Å². The van der Waals surface area contributed by atoms with Crippen LogP contribution in [0, 0.1) is 0 Å². The van der Waals surface area contributed by atoms with Crippen LogP contribution in [0.15, 0.2) is 35.4 Å². The molecule has 2 aromatic heterocycles. The van der Waals surface area contributed by atoms with Gasteiger partial charge in [-0.25, -0.2) is 14.6 Å². The number of amides is 1. The summed E-state index contributed by atoms with van der Waals surface area (Å²) < 4.78 is 3.30. The largest absolute Gasteiger partial charge is 0.329 e. The van der Waals surface area contributed by atoms with Gasteiger partial charge in [-0.15, -0.1) is 0 Å². The van der Waals surface area contributed by atoms with E-state index in [0.717, 1.165) is 24.5 Å². The quantitative estimate of drug-likeness (QED) is 0.702. The fraction of sp³-hybridized carbons (Fsp3) is 0.421. The zero-order valence-corrected chi connectivity index (χ0v) is 15.1. The van der Waals surface area contributed by atoms with Crippen LogP contribution in [0.25, 0.3) is 10.9 Å². The number of fused-ring (bicyclic) bond motifs is 2. The van der Waals surface area contributed by atoms with E-state index in [2.05, 4.69) is 15.1 Å². The van der Waals surface area contributed by atoms with E-state index in [9.17, 15) is 9.59 Å². The first kappa shape index (κ1) is 16.2. The van der Waals surface area contributed by atoms with E-state index in [-0.39, 0.29) is 24.1 Å². The van der Waals surface area contributed by atoms with Crippen molar-refractivity contribution >= 4 is 16.8 Å². The first-order chi connectivity index (χ1) is 13.1. The molecule has 1 saturated carbocycles. The van der Waals surface area contributed by atoms with Gasteiger partial charge in [-0.1, -0.05) is 12.1 Å². The molecule has 1 fully saturated rings. The third kappa shape index (κ3) is 2.72. The predicted octanol–water partition coefficient (Wildman–Crippen LogP) is 1.47. The van der Waals surface area contributed by atoms with Crippen LogP contribution in [0.3, 0.4) is 0 Å². The van der Waals surface area contributed by atoms with Crippen molar-refractivity contribution in [1.82, 2.24) is 29.2 Å². The van der Waals surface area contributed by atoms with Gasteiger partial charge in [-0.3, -0.25) is 14.2 Å². The zero-order chi connectivity index (χ0) is 18.5. The van der Waals surface area contributed by atoms with Crippen molar-refractivity contribution in [2.75, 3.05) is 6.54 Å². The lowest BCUT2D eigenvalue weighted by Crippen LogP contribution is -2.44. The maximum atomic E-state index is 12.9. The Kier molecular flexibility index (Phi) is 3.60. The molecule has 27 heavy (non-hydrogen) atoms. The minimum absolute atomic E-state index is 0.0232. The Bertz CT molecular complexity index is 1100. The van der Waals surface area contributed by atoms with Gasteiger partial charge in [0.2, 0.25) is 5.91 Å². The van der Waals surface area contributed by atoms with E-state index in [0.29, 0.717) is 29.9 Å². The molecule has 138 valence electrons. The molecule has 0 N–H and O–H groups in total. The lowest BCUT2D eigenvalue weighted by Gasteiger charge is -2.33. The standard InChI is InChI=1S/C19H20N6O2/c1-12-18-21-17(13-6-7-13)22-25(18)9-8-24(12)16(26)10-23-11-20-15-5-3-2-4-14(15)19(23)27/h2-5,11-13H,6-10H2,1H3/t12-/m1/s1. The van der Waals surface area contributed by atoms with E-state index in [4.69, 9.17) is 0 Å². The van der Waals surface area contributed by atoms with Crippen LogP contribution >= 0.6 is 0 Å². The Morgan fingerprint density at radius 3 is 2.85 bits per heavy atom. The molecular formula is C19H20N6O2. The van der Waals surface area contributed by atoms with Gasteiger partial charge in [0.25, 0.3) is 5.56 Å². The summed E-state index contributed by atoms with van der Waals surface area (Å²) in [6, 6.07) is 7.01. The van der Waals surface area contributed by atoms with E-state index in [1.807, 2.05) is 17.7 Å². The number of hydrogen-bond acceptors (Lipinski definition) is 5. The molecule has 1 aliphatic carbocycles. The van der Waals surface area contributed by atoms with E-state index < -0.39 is 0 Å². The molecule has 0 spiro atoms. The smallest absolute Gasteiger partial charge is 0.261 e. The molecule has 8 heteroatoms. The number of aromatic nitrogens is 5. The molecule has 8 nitrogen and oxygen atoms in total. The lowest BCUT2D eigenvalue weighted by atomic mass is 10.2. The molecule has 0 radical (unpaired) electrons. The predicted molar refractivity (Wildman–Crippen MR) is 98.1 cm³/mol. The van der Waals surface area contributed by atoms with Crippen molar-refractivity contribution in [3.63, 3.8) is 0 Å². The Morgan fingerprint density at radius 2 is 2.04 bits per heavy atom. The summed E-state index contributed by atoms with van der Waals surface area (Å²) in [5, 5.41) is 5.11. The van der Waals surface area contributed by atoms with E-state index >= 15 is 0 Å². The maximum Gasteiger partial charge on any atom is 0.261 e. The average molecular weight is 364 g/mol. The van der Waals surface area contributed by atoms with Crippen LogP contribution in [0.1, 0.15) is 43.4 Å². The maximum absolute atomic E-state index is 12.9. The number of nitrogens with zero attached hydrogens (tertiary/aromatic N) is 6. The fourth-order valence-electron chi connectivity index (χ4n) is 3.69. The average Bonchev–Trinajstić information content (AvgIpc) is 3.43. The highest BCUT2D eigenvalue weighted by molar-refractivity contribution is 5.79. The number of para-hydroxylation sites is 1. The third-order valence-electron chi connectivity index (χ3n) is 5.41. The molecule has 1 atom stereocenters. The SMILES string of the molecule is C[C@@H]1c2nc(C3CC3)nn2CCN1C(=O)Cn1cnc2ccccc2c1=O. The normalized spacial score (nSPS) is 19.3. The van der Waals surface area contributed by atoms with Crippen LogP contribution in [-0.2, 0) is 17.9 Å². The molecule has 3 aromatic rings. The van der Waals surface area contributed by atoms with Gasteiger partial charge in [0.1, 0.15) is 12.4 Å². The van der Waals surface area contributed by atoms with Crippen molar-refractivity contribution in [3.8, 4) is 0 Å². The molecule has 5 rings (SSSR count). The van der Waals surface area contributed by atoms with Crippen molar-refractivity contribution < 1.29 is 4.79 Å². The number of benzene rings is 1. The molecular weight excluding hydrogens is 344 g/mol. The number of hydrogen-bond donors (Lipinski definition) is 0. The summed E-state index contributed by atoms with van der Waals surface area (Å²) in [6.07, 6.45) is 3.75. The Hall–Kier alpha value is -3.03. The van der Waals surface area contributed by atoms with Gasteiger partial charge in [-0.05, 0) is 31.9 Å². The van der Waals surface area contributed by atoms with E-state index in [1.165, 1.54) is 10.9 Å². The first-order valence-electron chi connectivity index (χ1n) is 9.30. The number of carbonyl (C=O) groups is 1. The molecule has 0 unspecified atom stereocenters. The summed E-state index contributed by atoms with van der Waals surface area (Å²) in [6.45, 7) is 3.15. The second kappa shape index (κ2) is 6.00. The van der Waals surface area contributed by atoms with Crippen molar-refractivity contribution in [1.29, 1.82) is 0 Å². The van der Waals surface area contributed by atoms with Crippen molar-refractivity contribution in [2.45, 2.75) is 44.8 Å². The Morgan fingerprint density at radius 1 is 1.22 bits per heavy atom. The second-order valence-corrected chi connectivity index (χ2v) is 7.28. The highest BCUT2D eigenvalue weighted by Crippen LogP contribution is 2.39. The lowest BCUT2D eigenvalue weighted by molar-refractivity contribution is -0.135. The molecule has 1 amide bonds. The highest BCUT2D eigenvalue weighted by atomic mass is 16.2. The summed E-state index contributed by atoms with van der Waals surface area (Å²) in [5.74, 6) is 2.12. The van der Waals surface area contributed by atoms with Crippen molar-refractivity contribution in [3.05, 3.63) is 52.6 Å². The molecule has 1 aromatic carbocycles. The van der Waals surface area contributed by atoms with Crippen LogP contribution in [-0.4, -0.2) is 41.7 Å². The van der Waals surface area contributed by atoms with Gasteiger partial charge >= 0.3 is 0 Å². The summed E-state index contributed by atoms with van der Waals surface area (Å²) >= 11 is 0. The minimum atomic E-state index is -0.196. The first-order valence-corrected chi connectivity index (χ1v) is 9.30. The second-order valence-electron chi connectivity index (χ2n) is 7.28. The van der Waals surface area contributed by atoms with Gasteiger partial charge in [0.15, 0.2) is 5.82 Å². The Balaban J connectivity index is 1.39. The van der Waals surface area contributed by atoms with Gasteiger partial charge in [0, 0.05) is 12.5 Å². The van der Waals surface area contributed by atoms with Crippen LogP contribution in [0.2, 0.25) is 0 Å². The van der Waals surface area contributed by atoms with E-state index in [1.54, 1.807) is 23.1 Å². The van der Waals surface area contributed by atoms with Gasteiger partial charge < -0.3 is 4.90 Å². The monoisotopic (exact) mass is 364 g/mol. The number of carbonyl (C=O) groups excluding carboxylic acids is 1. The van der Waals surface area contributed by atoms with Crippen molar-refractivity contribution in [2.24, 2.45) is 0 Å². The van der Waals surface area contributed by atoms with Gasteiger partial charge in [0.05, 0.1) is 29.8 Å². The topological polar surface area (TPSA) is 85.9 Å². The molecule has 1 aliphatic heterocycles. The van der Waals surface area contributed by atoms with Crippen LogP contribution in [0.4, 0.5) is 0 Å². The zero-order valence-electron chi connectivity index (χ0n) is 15.1. The summed E-state index contributed by atoms with van der Waals surface area (Å²) in [7, 11) is 0. The summed E-state index contributed by atoms with van der Waals surface area (Å²) in [4.78, 5) is 36.3. The minimum Gasteiger partial charge on any atom is -0.329 e.